The molecule has 0 radical (unpaired) electrons. The van der Waals surface area contributed by atoms with Gasteiger partial charge in [-0.1, -0.05) is 0 Å². The van der Waals surface area contributed by atoms with Crippen molar-refractivity contribution in [3.8, 4) is 0 Å². The van der Waals surface area contributed by atoms with E-state index < -0.39 is 34.7 Å². The van der Waals surface area contributed by atoms with Crippen molar-refractivity contribution in [1.29, 1.82) is 0 Å². The SMILES string of the molecule is OCC(I)=CC(F)(OC(F)(F)F)C(F)(F)F. The molecule has 0 rings (SSSR count). The summed E-state index contributed by atoms with van der Waals surface area (Å²) in [6.07, 6.45) is -12.2. The third-order valence-corrected chi connectivity index (χ3v) is 1.80. The molecule has 0 bridgehead atoms. The molecule has 2 nitrogen and oxygen atoms in total. The van der Waals surface area contributed by atoms with Gasteiger partial charge in [0, 0.05) is 9.66 Å². The topological polar surface area (TPSA) is 29.5 Å². The molecule has 0 fully saturated rings. The molecule has 0 aliphatic carbocycles. The largest absolute Gasteiger partial charge is 0.525 e. The molecule has 16 heavy (non-hydrogen) atoms. The predicted octanol–water partition coefficient (Wildman–Crippen LogP) is 3.06. The van der Waals surface area contributed by atoms with E-state index in [1.165, 1.54) is 0 Å². The highest BCUT2D eigenvalue weighted by molar-refractivity contribution is 14.1. The van der Waals surface area contributed by atoms with Gasteiger partial charge in [0.25, 0.3) is 0 Å². The maximum Gasteiger partial charge on any atom is 0.525 e. The summed E-state index contributed by atoms with van der Waals surface area (Å²) in [4.78, 5) is 0. The highest BCUT2D eigenvalue weighted by atomic mass is 127. The van der Waals surface area contributed by atoms with E-state index in [4.69, 9.17) is 5.11 Å². The second kappa shape index (κ2) is 5.04. The summed E-state index contributed by atoms with van der Waals surface area (Å²) < 4.78 is 85.4. The molecular weight excluding hydrogens is 364 g/mol. The third kappa shape index (κ3) is 4.82. The van der Waals surface area contributed by atoms with Crippen LogP contribution < -0.4 is 0 Å². The first-order valence-electron chi connectivity index (χ1n) is 3.42. The summed E-state index contributed by atoms with van der Waals surface area (Å²) >= 11 is 1.05. The van der Waals surface area contributed by atoms with E-state index in [1.54, 1.807) is 0 Å². The molecule has 96 valence electrons. The van der Waals surface area contributed by atoms with Crippen molar-refractivity contribution in [3.05, 3.63) is 9.66 Å². The molecule has 1 N–H and O–H groups in total. The van der Waals surface area contributed by atoms with Gasteiger partial charge in [-0.3, -0.25) is 0 Å². The van der Waals surface area contributed by atoms with Gasteiger partial charge in [0.1, 0.15) is 0 Å². The van der Waals surface area contributed by atoms with Crippen LogP contribution in [0, 0.1) is 0 Å². The maximum absolute atomic E-state index is 13.0. The molecular formula is C6H4F7IO2. The van der Waals surface area contributed by atoms with Crippen LogP contribution in [0.3, 0.4) is 0 Å². The highest BCUT2D eigenvalue weighted by Crippen LogP contribution is 2.41. The van der Waals surface area contributed by atoms with Crippen molar-refractivity contribution in [2.24, 2.45) is 0 Å². The van der Waals surface area contributed by atoms with Crippen LogP contribution in [0.5, 0.6) is 0 Å². The maximum atomic E-state index is 13.0. The van der Waals surface area contributed by atoms with E-state index in [1.807, 2.05) is 0 Å². The number of aliphatic hydroxyl groups is 1. The Morgan fingerprint density at radius 2 is 1.56 bits per heavy atom. The molecule has 0 aromatic heterocycles. The zero-order valence-corrected chi connectivity index (χ0v) is 9.32. The lowest BCUT2D eigenvalue weighted by atomic mass is 10.2. The lowest BCUT2D eigenvalue weighted by molar-refractivity contribution is -0.432. The van der Waals surface area contributed by atoms with E-state index in [-0.39, 0.29) is 0 Å². The van der Waals surface area contributed by atoms with Gasteiger partial charge in [-0.25, -0.2) is 4.74 Å². The van der Waals surface area contributed by atoms with Crippen molar-refractivity contribution >= 4 is 22.6 Å². The summed E-state index contributed by atoms with van der Waals surface area (Å²) in [7, 11) is 0. The van der Waals surface area contributed by atoms with E-state index >= 15 is 0 Å². The zero-order valence-electron chi connectivity index (χ0n) is 7.16. The minimum Gasteiger partial charge on any atom is -0.391 e. The van der Waals surface area contributed by atoms with Crippen molar-refractivity contribution in [2.45, 2.75) is 18.4 Å². The van der Waals surface area contributed by atoms with Crippen molar-refractivity contribution < 1.29 is 40.6 Å². The van der Waals surface area contributed by atoms with E-state index in [0.717, 1.165) is 22.6 Å². The molecule has 0 spiro atoms. The van der Waals surface area contributed by atoms with Gasteiger partial charge in [0.15, 0.2) is 0 Å². The Balaban J connectivity index is 5.22. The van der Waals surface area contributed by atoms with Gasteiger partial charge < -0.3 is 5.11 Å². The predicted molar refractivity (Wildman–Crippen MR) is 46.2 cm³/mol. The number of hydrogen-bond acceptors (Lipinski definition) is 2. The molecule has 0 aromatic carbocycles. The summed E-state index contributed by atoms with van der Waals surface area (Å²) in [6.45, 7) is -1.04. The molecule has 0 aliphatic heterocycles. The van der Waals surface area contributed by atoms with Crippen LogP contribution >= 0.6 is 22.6 Å². The van der Waals surface area contributed by atoms with Crippen LogP contribution in [0.2, 0.25) is 0 Å². The standard InChI is InChI=1S/C6H4F7IO2/c7-4(5(8,9)10,1-3(14)2-15)16-6(11,12)13/h1,15H,2H2. The number of halogens is 8. The van der Waals surface area contributed by atoms with Crippen LogP contribution in [0.1, 0.15) is 0 Å². The van der Waals surface area contributed by atoms with E-state index in [0.29, 0.717) is 0 Å². The fourth-order valence-electron chi connectivity index (χ4n) is 0.585. The lowest BCUT2D eigenvalue weighted by Gasteiger charge is -2.25. The van der Waals surface area contributed by atoms with Crippen LogP contribution in [-0.2, 0) is 4.74 Å². The van der Waals surface area contributed by atoms with E-state index in [2.05, 4.69) is 4.74 Å². The Hall–Kier alpha value is -0.100. The molecule has 0 aromatic rings. The number of aliphatic hydroxyl groups excluding tert-OH is 1. The van der Waals surface area contributed by atoms with Crippen LogP contribution in [0.25, 0.3) is 0 Å². The number of hydrogen-bond donors (Lipinski definition) is 1. The number of rotatable bonds is 3. The van der Waals surface area contributed by atoms with Crippen LogP contribution in [0.15, 0.2) is 9.66 Å². The van der Waals surface area contributed by atoms with Gasteiger partial charge in [-0.05, 0) is 22.6 Å². The summed E-state index contributed by atoms with van der Waals surface area (Å²) in [5.74, 6) is -5.01. The fraction of sp³-hybridized carbons (Fsp3) is 0.667. The van der Waals surface area contributed by atoms with Gasteiger partial charge in [-0.2, -0.15) is 17.6 Å². The van der Waals surface area contributed by atoms with Crippen LogP contribution in [-0.4, -0.2) is 30.1 Å². The first-order chi connectivity index (χ1) is 6.91. The Labute approximate surface area is 98.2 Å². The smallest absolute Gasteiger partial charge is 0.391 e. The number of ether oxygens (including phenoxy) is 1. The first kappa shape index (κ1) is 15.9. The zero-order chi connectivity index (χ0) is 13.2. The highest BCUT2D eigenvalue weighted by Gasteiger charge is 2.61. The summed E-state index contributed by atoms with van der Waals surface area (Å²) in [5.41, 5.74) is 0. The Morgan fingerprint density at radius 3 is 1.81 bits per heavy atom. The average Bonchev–Trinajstić information content (AvgIpc) is 1.98. The third-order valence-electron chi connectivity index (χ3n) is 1.14. The normalized spacial score (nSPS) is 18.4. The second-order valence-corrected chi connectivity index (χ2v) is 3.83. The van der Waals surface area contributed by atoms with Gasteiger partial charge >= 0.3 is 18.4 Å². The van der Waals surface area contributed by atoms with Gasteiger partial charge in [0.2, 0.25) is 0 Å². The van der Waals surface area contributed by atoms with Gasteiger partial charge in [-0.15, -0.1) is 13.2 Å². The average molecular weight is 368 g/mol. The number of alkyl halides is 7. The Morgan fingerprint density at radius 1 is 1.12 bits per heavy atom. The first-order valence-corrected chi connectivity index (χ1v) is 4.50. The lowest BCUT2D eigenvalue weighted by Crippen LogP contribution is -2.45. The van der Waals surface area contributed by atoms with Crippen LogP contribution in [0.4, 0.5) is 30.7 Å². The molecule has 0 saturated carbocycles. The quantitative estimate of drug-likeness (QED) is 0.613. The molecule has 1 atom stereocenters. The minimum atomic E-state index is -5.91. The summed E-state index contributed by atoms with van der Waals surface area (Å²) in [6, 6.07) is 0. The molecule has 0 aliphatic rings. The minimum absolute atomic E-state index is 0.485. The molecule has 0 heterocycles. The molecule has 10 heteroatoms. The molecule has 0 saturated heterocycles. The Kier molecular flexibility index (Phi) is 5.01. The monoisotopic (exact) mass is 368 g/mol. The summed E-state index contributed by atoms with van der Waals surface area (Å²) in [5, 5.41) is 8.32. The molecule has 0 amide bonds. The fourth-order valence-corrected chi connectivity index (χ4v) is 0.985. The second-order valence-electron chi connectivity index (χ2n) is 2.44. The van der Waals surface area contributed by atoms with Crippen molar-refractivity contribution in [1.82, 2.24) is 0 Å². The van der Waals surface area contributed by atoms with Crippen molar-refractivity contribution in [2.75, 3.05) is 6.61 Å². The Bertz CT molecular complexity index is 271. The van der Waals surface area contributed by atoms with E-state index in [9.17, 15) is 30.7 Å². The van der Waals surface area contributed by atoms with Crippen molar-refractivity contribution in [3.63, 3.8) is 0 Å². The molecule has 1 unspecified atom stereocenters. The van der Waals surface area contributed by atoms with Gasteiger partial charge in [0.05, 0.1) is 6.61 Å².